The number of fused-ring (bicyclic) bond motifs is 1. The molecule has 0 saturated heterocycles. The maximum atomic E-state index is 12.4. The first-order valence-electron chi connectivity index (χ1n) is 7.36. The number of nitrogens with one attached hydrogen (secondary N) is 1. The highest BCUT2D eigenvalue weighted by Gasteiger charge is 2.26. The number of nitrogens with zero attached hydrogens (tertiary/aromatic N) is 1. The average molecular weight is 348 g/mol. The third-order valence-corrected chi connectivity index (χ3v) is 5.24. The highest BCUT2D eigenvalue weighted by atomic mass is 32.2. The first kappa shape index (κ1) is 16.4. The second-order valence-corrected chi connectivity index (χ2v) is 7.23. The van der Waals surface area contributed by atoms with E-state index in [9.17, 15) is 13.2 Å². The van der Waals surface area contributed by atoms with Crippen LogP contribution in [0.2, 0.25) is 0 Å². The summed E-state index contributed by atoms with van der Waals surface area (Å²) >= 11 is 0. The lowest BCUT2D eigenvalue weighted by Gasteiger charge is -2.25. The van der Waals surface area contributed by atoms with Crippen LogP contribution in [0.25, 0.3) is 0 Å². The summed E-state index contributed by atoms with van der Waals surface area (Å²) in [5, 5.41) is 9.08. The van der Waals surface area contributed by atoms with Crippen LogP contribution >= 0.6 is 0 Å². The molecule has 1 aliphatic rings. The molecule has 1 unspecified atom stereocenters. The van der Waals surface area contributed by atoms with Crippen LogP contribution in [0.15, 0.2) is 47.5 Å². The lowest BCUT2D eigenvalue weighted by atomic mass is 9.97. The molecule has 8 heteroatoms. The SMILES string of the molecule is O=C(O)c1ncccc1S(=O)(=O)NCC1COc2ccccc2C1. The maximum Gasteiger partial charge on any atom is 0.355 e. The number of ether oxygens (including phenoxy) is 1. The molecule has 0 amide bonds. The third-order valence-electron chi connectivity index (χ3n) is 3.78. The fourth-order valence-corrected chi connectivity index (χ4v) is 3.86. The van der Waals surface area contributed by atoms with Gasteiger partial charge >= 0.3 is 5.97 Å². The van der Waals surface area contributed by atoms with Crippen LogP contribution < -0.4 is 9.46 Å². The molecule has 7 nitrogen and oxygen atoms in total. The Bertz CT molecular complexity index is 866. The summed E-state index contributed by atoms with van der Waals surface area (Å²) in [4.78, 5) is 14.4. The highest BCUT2D eigenvalue weighted by Crippen LogP contribution is 2.26. The van der Waals surface area contributed by atoms with Crippen molar-refractivity contribution in [3.8, 4) is 5.75 Å². The van der Waals surface area contributed by atoms with Gasteiger partial charge in [0.1, 0.15) is 10.6 Å². The number of carboxylic acid groups (broad SMARTS) is 1. The number of hydrogen-bond donors (Lipinski definition) is 2. The number of pyridine rings is 1. The summed E-state index contributed by atoms with van der Waals surface area (Å²) in [7, 11) is -3.96. The zero-order chi connectivity index (χ0) is 17.2. The molecule has 0 spiro atoms. The zero-order valence-corrected chi connectivity index (χ0v) is 13.5. The number of hydrogen-bond acceptors (Lipinski definition) is 5. The quantitative estimate of drug-likeness (QED) is 0.844. The molecule has 1 aromatic carbocycles. The number of aromatic carboxylic acids is 1. The van der Waals surface area contributed by atoms with Crippen LogP contribution in [-0.4, -0.2) is 37.6 Å². The Kier molecular flexibility index (Phi) is 4.50. The van der Waals surface area contributed by atoms with Gasteiger partial charge in [0.05, 0.1) is 6.61 Å². The Morgan fingerprint density at radius 1 is 1.29 bits per heavy atom. The van der Waals surface area contributed by atoms with E-state index in [0.717, 1.165) is 11.3 Å². The van der Waals surface area contributed by atoms with Gasteiger partial charge in [0.2, 0.25) is 10.0 Å². The Hall–Kier alpha value is -2.45. The summed E-state index contributed by atoms with van der Waals surface area (Å²) in [5.74, 6) is -0.595. The van der Waals surface area contributed by atoms with Crippen LogP contribution in [0.3, 0.4) is 0 Å². The molecule has 0 radical (unpaired) electrons. The molecule has 1 aromatic heterocycles. The van der Waals surface area contributed by atoms with E-state index >= 15 is 0 Å². The predicted molar refractivity (Wildman–Crippen MR) is 85.5 cm³/mol. The molecule has 126 valence electrons. The van der Waals surface area contributed by atoms with Gasteiger partial charge in [0.15, 0.2) is 5.69 Å². The topological polar surface area (TPSA) is 106 Å². The van der Waals surface area contributed by atoms with Gasteiger partial charge in [0, 0.05) is 18.7 Å². The van der Waals surface area contributed by atoms with E-state index in [-0.39, 0.29) is 17.4 Å². The van der Waals surface area contributed by atoms with Gasteiger partial charge in [-0.05, 0) is 30.2 Å². The molecule has 2 heterocycles. The van der Waals surface area contributed by atoms with E-state index in [1.807, 2.05) is 24.3 Å². The predicted octanol–water partition coefficient (Wildman–Crippen LogP) is 1.31. The maximum absolute atomic E-state index is 12.4. The van der Waals surface area contributed by atoms with Crippen LogP contribution in [0, 0.1) is 5.92 Å². The van der Waals surface area contributed by atoms with E-state index in [1.54, 1.807) is 0 Å². The van der Waals surface area contributed by atoms with Crippen LogP contribution in [-0.2, 0) is 16.4 Å². The molecule has 2 aromatic rings. The van der Waals surface area contributed by atoms with Crippen molar-refractivity contribution >= 4 is 16.0 Å². The number of para-hydroxylation sites is 1. The monoisotopic (exact) mass is 348 g/mol. The van der Waals surface area contributed by atoms with Crippen molar-refractivity contribution < 1.29 is 23.1 Å². The molecule has 0 saturated carbocycles. The Labute approximate surface area is 139 Å². The Balaban J connectivity index is 1.72. The minimum atomic E-state index is -3.96. The smallest absolute Gasteiger partial charge is 0.355 e. The Morgan fingerprint density at radius 2 is 2.08 bits per heavy atom. The van der Waals surface area contributed by atoms with Crippen LogP contribution in [0.5, 0.6) is 5.75 Å². The fraction of sp³-hybridized carbons (Fsp3) is 0.250. The molecular formula is C16H16N2O5S. The molecule has 0 fully saturated rings. The molecule has 2 N–H and O–H groups in total. The van der Waals surface area contributed by atoms with Gasteiger partial charge in [-0.15, -0.1) is 0 Å². The summed E-state index contributed by atoms with van der Waals surface area (Å²) in [6.07, 6.45) is 1.94. The summed E-state index contributed by atoms with van der Waals surface area (Å²) in [5.41, 5.74) is 0.538. The minimum Gasteiger partial charge on any atom is -0.493 e. The third kappa shape index (κ3) is 3.39. The first-order valence-corrected chi connectivity index (χ1v) is 8.84. The molecule has 3 rings (SSSR count). The van der Waals surface area contributed by atoms with Gasteiger partial charge in [-0.1, -0.05) is 18.2 Å². The molecule has 0 aliphatic carbocycles. The largest absolute Gasteiger partial charge is 0.493 e. The number of carboxylic acids is 1. The van der Waals surface area contributed by atoms with Gasteiger partial charge < -0.3 is 9.84 Å². The lowest BCUT2D eigenvalue weighted by molar-refractivity contribution is 0.0685. The fourth-order valence-electron chi connectivity index (χ4n) is 2.60. The van der Waals surface area contributed by atoms with Crippen molar-refractivity contribution in [3.63, 3.8) is 0 Å². The van der Waals surface area contributed by atoms with E-state index in [1.165, 1.54) is 18.3 Å². The second kappa shape index (κ2) is 6.58. The van der Waals surface area contributed by atoms with Crippen molar-refractivity contribution in [1.29, 1.82) is 0 Å². The first-order chi connectivity index (χ1) is 11.5. The average Bonchev–Trinajstić information content (AvgIpc) is 2.60. The van der Waals surface area contributed by atoms with Gasteiger partial charge in [-0.25, -0.2) is 22.9 Å². The number of benzene rings is 1. The summed E-state index contributed by atoms with van der Waals surface area (Å²) in [6, 6.07) is 10.2. The highest BCUT2D eigenvalue weighted by molar-refractivity contribution is 7.89. The molecule has 24 heavy (non-hydrogen) atoms. The molecule has 1 aliphatic heterocycles. The number of rotatable bonds is 5. The molecule has 0 bridgehead atoms. The summed E-state index contributed by atoms with van der Waals surface area (Å²) in [6.45, 7) is 0.559. The van der Waals surface area contributed by atoms with E-state index in [0.29, 0.717) is 13.0 Å². The number of aromatic nitrogens is 1. The standard InChI is InChI=1S/C16H16N2O5S/c19-16(20)15-14(6-3-7-17-15)24(21,22)18-9-11-8-12-4-1-2-5-13(12)23-10-11/h1-7,11,18H,8-10H2,(H,19,20). The molecular weight excluding hydrogens is 332 g/mol. The molecule has 1 atom stereocenters. The van der Waals surface area contributed by atoms with Crippen molar-refractivity contribution in [2.75, 3.05) is 13.2 Å². The minimum absolute atomic E-state index is 0.0281. The van der Waals surface area contributed by atoms with Crippen LogP contribution in [0.4, 0.5) is 0 Å². The Morgan fingerprint density at radius 3 is 2.88 bits per heavy atom. The number of carbonyl (C=O) groups is 1. The zero-order valence-electron chi connectivity index (χ0n) is 12.7. The van der Waals surface area contributed by atoms with Crippen molar-refractivity contribution in [2.24, 2.45) is 5.92 Å². The van der Waals surface area contributed by atoms with Gasteiger partial charge in [0.25, 0.3) is 0 Å². The van der Waals surface area contributed by atoms with Crippen molar-refractivity contribution in [3.05, 3.63) is 53.9 Å². The van der Waals surface area contributed by atoms with Gasteiger partial charge in [-0.2, -0.15) is 0 Å². The lowest BCUT2D eigenvalue weighted by Crippen LogP contribution is -2.35. The van der Waals surface area contributed by atoms with E-state index in [2.05, 4.69) is 9.71 Å². The van der Waals surface area contributed by atoms with Crippen molar-refractivity contribution in [2.45, 2.75) is 11.3 Å². The van der Waals surface area contributed by atoms with Crippen LogP contribution in [0.1, 0.15) is 16.1 Å². The normalized spacial score (nSPS) is 16.9. The second-order valence-electron chi connectivity index (χ2n) is 5.50. The van der Waals surface area contributed by atoms with E-state index in [4.69, 9.17) is 9.84 Å². The summed E-state index contributed by atoms with van der Waals surface area (Å²) < 4.78 is 32.9. The van der Waals surface area contributed by atoms with Crippen molar-refractivity contribution in [1.82, 2.24) is 9.71 Å². The van der Waals surface area contributed by atoms with E-state index < -0.39 is 21.7 Å². The number of sulfonamides is 1. The van der Waals surface area contributed by atoms with Gasteiger partial charge in [-0.3, -0.25) is 0 Å².